The van der Waals surface area contributed by atoms with Gasteiger partial charge in [-0.25, -0.2) is 9.59 Å². The molecule has 2 unspecified atom stereocenters. The number of carbonyl (C=O) groups is 3. The number of benzene rings is 2. The van der Waals surface area contributed by atoms with Gasteiger partial charge in [0.25, 0.3) is 0 Å². The SMILES string of the molecule is CCC(C)C(NC(=O)[C@@H](NC(=O)OCC1c2ccccc2-c2ccccc21)[C@@H](C)CC)C(=O)O. The van der Waals surface area contributed by atoms with Crippen LogP contribution in [0, 0.1) is 11.8 Å². The highest BCUT2D eigenvalue weighted by Gasteiger charge is 2.33. The summed E-state index contributed by atoms with van der Waals surface area (Å²) in [5, 5.41) is 14.8. The number of amides is 2. The van der Waals surface area contributed by atoms with Gasteiger partial charge in [0, 0.05) is 5.92 Å². The molecule has 0 aromatic heterocycles. The monoisotopic (exact) mass is 466 g/mol. The van der Waals surface area contributed by atoms with Crippen LogP contribution in [0.2, 0.25) is 0 Å². The summed E-state index contributed by atoms with van der Waals surface area (Å²) in [7, 11) is 0. The summed E-state index contributed by atoms with van der Waals surface area (Å²) < 4.78 is 5.59. The normalized spacial score (nSPS) is 15.9. The van der Waals surface area contributed by atoms with Crippen LogP contribution in [0.1, 0.15) is 57.6 Å². The van der Waals surface area contributed by atoms with Crippen LogP contribution in [-0.4, -0.2) is 41.8 Å². The molecule has 0 heterocycles. The van der Waals surface area contributed by atoms with Gasteiger partial charge >= 0.3 is 12.1 Å². The average Bonchev–Trinajstić information content (AvgIpc) is 3.17. The van der Waals surface area contributed by atoms with E-state index < -0.39 is 30.1 Å². The quantitative estimate of drug-likeness (QED) is 0.476. The van der Waals surface area contributed by atoms with Gasteiger partial charge in [-0.05, 0) is 34.1 Å². The van der Waals surface area contributed by atoms with Crippen molar-refractivity contribution >= 4 is 18.0 Å². The molecule has 0 saturated heterocycles. The fraction of sp³-hybridized carbons (Fsp3) is 0.444. The van der Waals surface area contributed by atoms with Crippen LogP contribution in [-0.2, 0) is 14.3 Å². The molecule has 7 nitrogen and oxygen atoms in total. The highest BCUT2D eigenvalue weighted by Crippen LogP contribution is 2.44. The maximum Gasteiger partial charge on any atom is 0.407 e. The molecule has 0 radical (unpaired) electrons. The summed E-state index contributed by atoms with van der Waals surface area (Å²) in [4.78, 5) is 37.3. The Morgan fingerprint density at radius 1 is 0.853 bits per heavy atom. The van der Waals surface area contributed by atoms with E-state index in [1.54, 1.807) is 6.92 Å². The van der Waals surface area contributed by atoms with Crippen LogP contribution < -0.4 is 10.6 Å². The lowest BCUT2D eigenvalue weighted by atomic mass is 9.95. The van der Waals surface area contributed by atoms with E-state index in [-0.39, 0.29) is 24.4 Å². The molecule has 0 fully saturated rings. The fourth-order valence-electron chi connectivity index (χ4n) is 4.40. The third-order valence-corrected chi connectivity index (χ3v) is 6.89. The van der Waals surface area contributed by atoms with Crippen LogP contribution in [0.25, 0.3) is 11.1 Å². The number of carboxylic acids is 1. The van der Waals surface area contributed by atoms with Crippen molar-refractivity contribution in [3.63, 3.8) is 0 Å². The van der Waals surface area contributed by atoms with Gasteiger partial charge in [0.15, 0.2) is 0 Å². The number of hydrogen-bond acceptors (Lipinski definition) is 4. The molecular weight excluding hydrogens is 432 g/mol. The van der Waals surface area contributed by atoms with Gasteiger partial charge in [-0.2, -0.15) is 0 Å². The third-order valence-electron chi connectivity index (χ3n) is 6.89. The van der Waals surface area contributed by atoms with Crippen molar-refractivity contribution in [1.29, 1.82) is 0 Å². The average molecular weight is 467 g/mol. The maximum atomic E-state index is 13.0. The smallest absolute Gasteiger partial charge is 0.407 e. The zero-order chi connectivity index (χ0) is 24.8. The number of nitrogens with one attached hydrogen (secondary N) is 2. The molecule has 34 heavy (non-hydrogen) atoms. The molecule has 2 aromatic carbocycles. The number of hydrogen-bond donors (Lipinski definition) is 3. The van der Waals surface area contributed by atoms with Crippen LogP contribution in [0.3, 0.4) is 0 Å². The molecular formula is C27H34N2O5. The highest BCUT2D eigenvalue weighted by molar-refractivity contribution is 5.89. The number of carboxylic acid groups (broad SMARTS) is 1. The predicted octanol–water partition coefficient (Wildman–Crippen LogP) is 4.56. The summed E-state index contributed by atoms with van der Waals surface area (Å²) in [5.74, 6) is -2.14. The molecule has 7 heteroatoms. The van der Waals surface area contributed by atoms with Gasteiger partial charge in [-0.3, -0.25) is 4.79 Å². The summed E-state index contributed by atoms with van der Waals surface area (Å²) in [5.41, 5.74) is 4.47. The first-order chi connectivity index (χ1) is 16.3. The van der Waals surface area contributed by atoms with Crippen LogP contribution in [0.4, 0.5) is 4.79 Å². The molecule has 1 aliphatic rings. The van der Waals surface area contributed by atoms with E-state index in [0.29, 0.717) is 12.8 Å². The van der Waals surface area contributed by atoms with Gasteiger partial charge in [-0.1, -0.05) is 89.1 Å². The molecule has 0 spiro atoms. The first kappa shape index (κ1) is 25.3. The maximum absolute atomic E-state index is 13.0. The number of rotatable bonds is 10. The van der Waals surface area contributed by atoms with E-state index in [9.17, 15) is 19.5 Å². The van der Waals surface area contributed by atoms with Crippen molar-refractivity contribution < 1.29 is 24.2 Å². The molecule has 3 N–H and O–H groups in total. The predicted molar refractivity (Wildman–Crippen MR) is 130 cm³/mol. The Morgan fingerprint density at radius 3 is 1.85 bits per heavy atom. The lowest BCUT2D eigenvalue weighted by molar-refractivity contribution is -0.143. The Labute approximate surface area is 200 Å². The molecule has 182 valence electrons. The van der Waals surface area contributed by atoms with E-state index in [1.165, 1.54) is 0 Å². The van der Waals surface area contributed by atoms with Gasteiger partial charge in [-0.15, -0.1) is 0 Å². The molecule has 4 atom stereocenters. The Kier molecular flexibility index (Phi) is 8.31. The van der Waals surface area contributed by atoms with E-state index in [4.69, 9.17) is 4.74 Å². The van der Waals surface area contributed by atoms with Crippen molar-refractivity contribution in [1.82, 2.24) is 10.6 Å². The Bertz CT molecular complexity index is 992. The minimum Gasteiger partial charge on any atom is -0.480 e. The van der Waals surface area contributed by atoms with E-state index in [0.717, 1.165) is 22.3 Å². The molecule has 2 amide bonds. The second-order valence-corrected chi connectivity index (χ2v) is 9.04. The molecule has 1 aliphatic carbocycles. The number of fused-ring (bicyclic) bond motifs is 3. The number of ether oxygens (including phenoxy) is 1. The van der Waals surface area contributed by atoms with Crippen molar-refractivity contribution in [3.05, 3.63) is 59.7 Å². The summed E-state index contributed by atoms with van der Waals surface area (Å²) in [6.45, 7) is 7.53. The minimum atomic E-state index is -1.09. The lowest BCUT2D eigenvalue weighted by Crippen LogP contribution is -2.55. The largest absolute Gasteiger partial charge is 0.480 e. The van der Waals surface area contributed by atoms with Gasteiger partial charge in [0.05, 0.1) is 0 Å². The van der Waals surface area contributed by atoms with Crippen LogP contribution in [0.15, 0.2) is 48.5 Å². The first-order valence-electron chi connectivity index (χ1n) is 11.9. The second kappa shape index (κ2) is 11.2. The number of carbonyl (C=O) groups excluding carboxylic acids is 2. The van der Waals surface area contributed by atoms with Gasteiger partial charge < -0.3 is 20.5 Å². The van der Waals surface area contributed by atoms with Crippen molar-refractivity contribution in [2.45, 2.75) is 58.5 Å². The van der Waals surface area contributed by atoms with E-state index in [1.807, 2.05) is 57.2 Å². The Morgan fingerprint density at radius 2 is 1.35 bits per heavy atom. The summed E-state index contributed by atoms with van der Waals surface area (Å²) >= 11 is 0. The number of alkyl carbamates (subject to hydrolysis) is 1. The highest BCUT2D eigenvalue weighted by atomic mass is 16.5. The standard InChI is InChI=1S/C27H34N2O5/c1-5-16(3)23(25(30)28-24(26(31)32)17(4)6-2)29-27(33)34-15-22-20-13-9-7-11-18(20)19-12-8-10-14-21(19)22/h7-14,16-17,22-24H,5-6,15H2,1-4H3,(H,28,30)(H,29,33)(H,31,32)/t16-,17?,23-,24?/m0/s1. The molecule has 0 bridgehead atoms. The first-order valence-corrected chi connectivity index (χ1v) is 11.9. The minimum absolute atomic E-state index is 0.0872. The van der Waals surface area contributed by atoms with Crippen molar-refractivity contribution in [2.75, 3.05) is 6.61 Å². The topological polar surface area (TPSA) is 105 Å². The summed E-state index contributed by atoms with van der Waals surface area (Å²) in [6, 6.07) is 14.2. The fourth-order valence-corrected chi connectivity index (χ4v) is 4.40. The van der Waals surface area contributed by atoms with Gasteiger partial charge in [0.1, 0.15) is 18.7 Å². The van der Waals surface area contributed by atoms with Gasteiger partial charge in [0.2, 0.25) is 5.91 Å². The number of aliphatic carboxylic acids is 1. The molecule has 0 aliphatic heterocycles. The third kappa shape index (κ3) is 5.41. The van der Waals surface area contributed by atoms with Crippen molar-refractivity contribution in [2.24, 2.45) is 11.8 Å². The second-order valence-electron chi connectivity index (χ2n) is 9.04. The zero-order valence-corrected chi connectivity index (χ0v) is 20.2. The Hall–Kier alpha value is -3.35. The molecule has 3 rings (SSSR count). The van der Waals surface area contributed by atoms with Crippen molar-refractivity contribution in [3.8, 4) is 11.1 Å². The van der Waals surface area contributed by atoms with E-state index >= 15 is 0 Å². The summed E-state index contributed by atoms with van der Waals surface area (Å²) in [6.07, 6.45) is 0.533. The Balaban J connectivity index is 1.69. The lowest BCUT2D eigenvalue weighted by Gasteiger charge is -2.27. The van der Waals surface area contributed by atoms with E-state index in [2.05, 4.69) is 22.8 Å². The van der Waals surface area contributed by atoms with Crippen LogP contribution in [0.5, 0.6) is 0 Å². The molecule has 0 saturated carbocycles. The van der Waals surface area contributed by atoms with Crippen LogP contribution >= 0.6 is 0 Å². The molecule has 2 aromatic rings. The zero-order valence-electron chi connectivity index (χ0n) is 20.2.